The molecule has 3 atom stereocenters. The molecule has 1 fully saturated rings. The van der Waals surface area contributed by atoms with Crippen LogP contribution in [0.3, 0.4) is 0 Å². The Bertz CT molecular complexity index is 996. The molecule has 2 aromatic rings. The Labute approximate surface area is 175 Å². The molecule has 0 saturated heterocycles. The fourth-order valence-electron chi connectivity index (χ4n) is 4.22. The highest BCUT2D eigenvalue weighted by Crippen LogP contribution is 2.25. The molecule has 1 aromatic carbocycles. The Morgan fingerprint density at radius 3 is 2.83 bits per heavy atom. The van der Waals surface area contributed by atoms with E-state index in [0.717, 1.165) is 41.5 Å². The summed E-state index contributed by atoms with van der Waals surface area (Å²) in [4.78, 5) is 28.4. The first-order valence-corrected chi connectivity index (χ1v) is 10.4. The molecule has 7 heteroatoms. The average molecular weight is 403 g/mol. The molecule has 0 radical (unpaired) electrons. The minimum Gasteiger partial charge on any atom is -0.347 e. The number of aromatic nitrogens is 1. The highest BCUT2D eigenvalue weighted by Gasteiger charge is 2.27. The van der Waals surface area contributed by atoms with Crippen LogP contribution in [0.2, 0.25) is 0 Å². The summed E-state index contributed by atoms with van der Waals surface area (Å²) >= 11 is 0. The van der Waals surface area contributed by atoms with Gasteiger partial charge in [0.1, 0.15) is 11.7 Å². The molecule has 1 saturated carbocycles. The SMILES string of the molecule is N#CC(Cc1ccc(-c2cnc3c(c2)CNC3=O)cc1)NC(=O)C1CCCC(N)C1. The quantitative estimate of drug-likeness (QED) is 0.706. The van der Waals surface area contributed by atoms with Crippen molar-refractivity contribution < 1.29 is 9.59 Å². The molecular weight excluding hydrogens is 378 g/mol. The Hall–Kier alpha value is -3.24. The lowest BCUT2D eigenvalue weighted by molar-refractivity contribution is -0.126. The molecule has 0 spiro atoms. The number of hydrogen-bond donors (Lipinski definition) is 3. The maximum Gasteiger partial charge on any atom is 0.270 e. The summed E-state index contributed by atoms with van der Waals surface area (Å²) < 4.78 is 0. The number of fused-ring (bicyclic) bond motifs is 1. The van der Waals surface area contributed by atoms with Crippen LogP contribution in [-0.4, -0.2) is 28.9 Å². The second-order valence-corrected chi connectivity index (χ2v) is 8.13. The van der Waals surface area contributed by atoms with E-state index < -0.39 is 6.04 Å². The van der Waals surface area contributed by atoms with E-state index in [1.54, 1.807) is 6.20 Å². The van der Waals surface area contributed by atoms with Gasteiger partial charge in [-0.25, -0.2) is 0 Å². The van der Waals surface area contributed by atoms with Crippen LogP contribution in [0.5, 0.6) is 0 Å². The second-order valence-electron chi connectivity index (χ2n) is 8.13. The smallest absolute Gasteiger partial charge is 0.270 e. The molecule has 2 heterocycles. The van der Waals surface area contributed by atoms with E-state index in [4.69, 9.17) is 5.73 Å². The van der Waals surface area contributed by atoms with Crippen molar-refractivity contribution in [1.82, 2.24) is 15.6 Å². The number of hydrogen-bond acceptors (Lipinski definition) is 5. The molecule has 1 aliphatic heterocycles. The van der Waals surface area contributed by atoms with Crippen molar-refractivity contribution in [2.75, 3.05) is 0 Å². The van der Waals surface area contributed by atoms with E-state index in [2.05, 4.69) is 21.7 Å². The van der Waals surface area contributed by atoms with Crippen LogP contribution in [0.25, 0.3) is 11.1 Å². The van der Waals surface area contributed by atoms with Gasteiger partial charge in [-0.15, -0.1) is 0 Å². The van der Waals surface area contributed by atoms with Crippen LogP contribution in [0, 0.1) is 17.2 Å². The lowest BCUT2D eigenvalue weighted by Gasteiger charge is -2.26. The molecular formula is C23H25N5O2. The van der Waals surface area contributed by atoms with Gasteiger partial charge in [0.25, 0.3) is 5.91 Å². The first-order chi connectivity index (χ1) is 14.5. The van der Waals surface area contributed by atoms with Crippen LogP contribution in [0.4, 0.5) is 0 Å². The summed E-state index contributed by atoms with van der Waals surface area (Å²) in [7, 11) is 0. The largest absolute Gasteiger partial charge is 0.347 e. The highest BCUT2D eigenvalue weighted by molar-refractivity contribution is 5.96. The van der Waals surface area contributed by atoms with Gasteiger partial charge in [-0.1, -0.05) is 30.7 Å². The number of pyridine rings is 1. The van der Waals surface area contributed by atoms with Gasteiger partial charge in [0.2, 0.25) is 5.91 Å². The van der Waals surface area contributed by atoms with Crippen molar-refractivity contribution in [3.05, 3.63) is 53.3 Å². The molecule has 4 rings (SSSR count). The zero-order chi connectivity index (χ0) is 21.1. The van der Waals surface area contributed by atoms with Crippen molar-refractivity contribution in [2.45, 2.75) is 50.7 Å². The molecule has 2 aliphatic rings. The molecule has 7 nitrogen and oxygen atoms in total. The molecule has 154 valence electrons. The van der Waals surface area contributed by atoms with E-state index in [-0.39, 0.29) is 23.8 Å². The van der Waals surface area contributed by atoms with E-state index >= 15 is 0 Å². The predicted octanol–water partition coefficient (Wildman–Crippen LogP) is 2.06. The van der Waals surface area contributed by atoms with Crippen molar-refractivity contribution in [1.29, 1.82) is 5.26 Å². The van der Waals surface area contributed by atoms with Crippen LogP contribution < -0.4 is 16.4 Å². The van der Waals surface area contributed by atoms with Gasteiger partial charge in [-0.3, -0.25) is 14.6 Å². The number of carbonyl (C=O) groups excluding carboxylic acids is 2. The number of nitrogens with two attached hydrogens (primary N) is 1. The Balaban J connectivity index is 1.39. The summed E-state index contributed by atoms with van der Waals surface area (Å²) in [6, 6.07) is 11.5. The van der Waals surface area contributed by atoms with Gasteiger partial charge in [-0.05, 0) is 36.5 Å². The first kappa shape index (κ1) is 20.0. The summed E-state index contributed by atoms with van der Waals surface area (Å²) in [6.45, 7) is 0.503. The summed E-state index contributed by atoms with van der Waals surface area (Å²) in [5.74, 6) is -0.298. The molecule has 1 aromatic heterocycles. The van der Waals surface area contributed by atoms with E-state index in [1.807, 2.05) is 30.3 Å². The van der Waals surface area contributed by atoms with Crippen LogP contribution in [-0.2, 0) is 17.8 Å². The maximum atomic E-state index is 12.5. The standard InChI is InChI=1S/C23H25N5O2/c24-11-20(28-22(29)16-2-1-3-19(25)10-16)8-14-4-6-15(7-5-14)17-9-18-13-27-23(30)21(18)26-12-17/h4-7,9,12,16,19-20H,1-3,8,10,13,25H2,(H,27,30)(H,28,29). The lowest BCUT2D eigenvalue weighted by atomic mass is 9.85. The number of rotatable bonds is 5. The molecule has 0 bridgehead atoms. The van der Waals surface area contributed by atoms with Crippen molar-refractivity contribution >= 4 is 11.8 Å². The Kier molecular flexibility index (Phi) is 5.77. The number of nitriles is 1. The number of amides is 2. The third-order valence-electron chi connectivity index (χ3n) is 5.91. The number of carbonyl (C=O) groups is 2. The zero-order valence-electron chi connectivity index (χ0n) is 16.7. The predicted molar refractivity (Wildman–Crippen MR) is 112 cm³/mol. The third-order valence-corrected chi connectivity index (χ3v) is 5.91. The van der Waals surface area contributed by atoms with Crippen molar-refractivity contribution in [2.24, 2.45) is 11.7 Å². The van der Waals surface area contributed by atoms with Gasteiger partial charge in [0.05, 0.1) is 6.07 Å². The molecule has 2 amide bonds. The maximum absolute atomic E-state index is 12.5. The van der Waals surface area contributed by atoms with Gasteiger partial charge < -0.3 is 16.4 Å². The minimum absolute atomic E-state index is 0.0688. The minimum atomic E-state index is -0.569. The van der Waals surface area contributed by atoms with Gasteiger partial charge in [-0.2, -0.15) is 5.26 Å². The number of nitrogens with zero attached hydrogens (tertiary/aromatic N) is 2. The first-order valence-electron chi connectivity index (χ1n) is 10.4. The Morgan fingerprint density at radius 1 is 1.30 bits per heavy atom. The summed E-state index contributed by atoms with van der Waals surface area (Å²) in [5, 5.41) is 15.1. The fraction of sp³-hybridized carbons (Fsp3) is 0.391. The highest BCUT2D eigenvalue weighted by atomic mass is 16.2. The van der Waals surface area contributed by atoms with E-state index in [0.29, 0.717) is 25.1 Å². The fourth-order valence-corrected chi connectivity index (χ4v) is 4.22. The summed E-state index contributed by atoms with van der Waals surface area (Å²) in [5.41, 5.74) is 10.3. The third kappa shape index (κ3) is 4.34. The molecule has 1 aliphatic carbocycles. The topological polar surface area (TPSA) is 121 Å². The Morgan fingerprint density at radius 2 is 2.10 bits per heavy atom. The van der Waals surface area contributed by atoms with Crippen LogP contribution in [0.15, 0.2) is 36.5 Å². The molecule has 30 heavy (non-hydrogen) atoms. The normalized spacial score (nSPS) is 21.3. The second kappa shape index (κ2) is 8.64. The van der Waals surface area contributed by atoms with Crippen molar-refractivity contribution in [3.63, 3.8) is 0 Å². The van der Waals surface area contributed by atoms with Gasteiger partial charge in [0, 0.05) is 42.2 Å². The number of nitrogens with one attached hydrogen (secondary N) is 2. The summed E-state index contributed by atoms with van der Waals surface area (Å²) in [6.07, 6.45) is 5.59. The zero-order valence-corrected chi connectivity index (χ0v) is 16.7. The van der Waals surface area contributed by atoms with Gasteiger partial charge >= 0.3 is 0 Å². The monoisotopic (exact) mass is 403 g/mol. The van der Waals surface area contributed by atoms with Crippen LogP contribution in [0.1, 0.15) is 47.3 Å². The van der Waals surface area contributed by atoms with E-state index in [9.17, 15) is 14.9 Å². The van der Waals surface area contributed by atoms with Crippen molar-refractivity contribution in [3.8, 4) is 17.2 Å². The molecule has 4 N–H and O–H groups in total. The van der Waals surface area contributed by atoms with E-state index in [1.165, 1.54) is 0 Å². The van der Waals surface area contributed by atoms with Gasteiger partial charge in [0.15, 0.2) is 0 Å². The lowest BCUT2D eigenvalue weighted by Crippen LogP contribution is -2.42. The molecule has 3 unspecified atom stereocenters. The number of benzene rings is 1. The van der Waals surface area contributed by atoms with Crippen LogP contribution >= 0.6 is 0 Å². The average Bonchev–Trinajstić information content (AvgIpc) is 3.14.